The van der Waals surface area contributed by atoms with Crippen molar-refractivity contribution in [3.05, 3.63) is 24.3 Å². The molecule has 2 aliphatic rings. The molecular formula is C17H25N3O2. The second-order valence-electron chi connectivity index (χ2n) is 6.54. The van der Waals surface area contributed by atoms with E-state index in [2.05, 4.69) is 23.2 Å². The molecule has 5 heteroatoms. The second kappa shape index (κ2) is 6.57. The summed E-state index contributed by atoms with van der Waals surface area (Å²) in [5, 5.41) is 12.5. The lowest BCUT2D eigenvalue weighted by Crippen LogP contribution is -2.34. The first kappa shape index (κ1) is 15.2. The number of anilines is 2. The predicted molar refractivity (Wildman–Crippen MR) is 88.3 cm³/mol. The smallest absolute Gasteiger partial charge is 0.321 e. The van der Waals surface area contributed by atoms with Crippen LogP contribution >= 0.6 is 0 Å². The number of aliphatic hydroxyl groups is 1. The molecule has 1 aromatic carbocycles. The summed E-state index contributed by atoms with van der Waals surface area (Å²) in [6.45, 7) is 5.51. The number of likely N-dealkylation sites (tertiary alicyclic amines) is 1. The highest BCUT2D eigenvalue weighted by molar-refractivity contribution is 5.90. The fraction of sp³-hybridized carbons (Fsp3) is 0.588. The van der Waals surface area contributed by atoms with Crippen LogP contribution in [0.3, 0.4) is 0 Å². The van der Waals surface area contributed by atoms with Gasteiger partial charge in [0.1, 0.15) is 0 Å². The molecule has 1 atom stereocenters. The summed E-state index contributed by atoms with van der Waals surface area (Å²) in [4.78, 5) is 16.2. The van der Waals surface area contributed by atoms with Crippen LogP contribution in [0.2, 0.25) is 0 Å². The van der Waals surface area contributed by atoms with E-state index in [1.807, 2.05) is 18.2 Å². The molecule has 0 unspecified atom stereocenters. The number of nitrogens with zero attached hydrogens (tertiary/aromatic N) is 2. The van der Waals surface area contributed by atoms with Crippen molar-refractivity contribution in [1.29, 1.82) is 0 Å². The van der Waals surface area contributed by atoms with E-state index in [4.69, 9.17) is 0 Å². The van der Waals surface area contributed by atoms with Gasteiger partial charge in [-0.3, -0.25) is 0 Å². The van der Waals surface area contributed by atoms with Crippen molar-refractivity contribution in [3.8, 4) is 0 Å². The minimum absolute atomic E-state index is 0.124. The van der Waals surface area contributed by atoms with E-state index in [-0.39, 0.29) is 12.1 Å². The lowest BCUT2D eigenvalue weighted by Gasteiger charge is -2.32. The average molecular weight is 303 g/mol. The van der Waals surface area contributed by atoms with Gasteiger partial charge >= 0.3 is 6.03 Å². The zero-order chi connectivity index (χ0) is 15.5. The van der Waals surface area contributed by atoms with Crippen molar-refractivity contribution in [2.24, 2.45) is 5.92 Å². The molecule has 5 nitrogen and oxygen atoms in total. The van der Waals surface area contributed by atoms with Crippen molar-refractivity contribution >= 4 is 17.4 Å². The number of aliphatic hydroxyl groups excluding tert-OH is 1. The summed E-state index contributed by atoms with van der Waals surface area (Å²) < 4.78 is 0. The number of hydrogen-bond donors (Lipinski definition) is 2. The number of piperidine rings is 1. The number of hydrogen-bond acceptors (Lipinski definition) is 3. The number of β-amino-alcohol motifs (C(OH)–C–C–N with tert-alkyl or cyclic N) is 1. The van der Waals surface area contributed by atoms with Gasteiger partial charge in [-0.15, -0.1) is 0 Å². The molecular weight excluding hydrogens is 278 g/mol. The van der Waals surface area contributed by atoms with E-state index in [9.17, 15) is 9.90 Å². The molecule has 120 valence electrons. The lowest BCUT2D eigenvalue weighted by molar-refractivity contribution is 0.176. The van der Waals surface area contributed by atoms with Crippen LogP contribution < -0.4 is 10.2 Å². The third kappa shape index (κ3) is 3.53. The molecule has 2 aliphatic heterocycles. The first-order valence-electron chi connectivity index (χ1n) is 8.21. The van der Waals surface area contributed by atoms with Crippen LogP contribution in [0.5, 0.6) is 0 Å². The highest BCUT2D eigenvalue weighted by atomic mass is 16.3. The number of urea groups is 1. The first-order chi connectivity index (χ1) is 10.6. The van der Waals surface area contributed by atoms with Crippen LogP contribution in [0.25, 0.3) is 0 Å². The van der Waals surface area contributed by atoms with E-state index in [1.165, 1.54) is 18.5 Å². The molecule has 2 amide bonds. The van der Waals surface area contributed by atoms with Crippen molar-refractivity contribution in [3.63, 3.8) is 0 Å². The summed E-state index contributed by atoms with van der Waals surface area (Å²) in [5.74, 6) is 0.806. The largest absolute Gasteiger partial charge is 0.391 e. The number of amides is 2. The molecule has 3 rings (SSSR count). The Morgan fingerprint density at radius 1 is 1.23 bits per heavy atom. The Morgan fingerprint density at radius 3 is 2.68 bits per heavy atom. The minimum Gasteiger partial charge on any atom is -0.391 e. The number of carbonyl (C=O) groups is 1. The molecule has 0 saturated carbocycles. The summed E-state index contributed by atoms with van der Waals surface area (Å²) in [5.41, 5.74) is 1.99. The summed E-state index contributed by atoms with van der Waals surface area (Å²) in [6, 6.07) is 7.93. The maximum atomic E-state index is 12.2. The molecule has 22 heavy (non-hydrogen) atoms. The van der Waals surface area contributed by atoms with Gasteiger partial charge in [-0.05, 0) is 43.4 Å². The van der Waals surface area contributed by atoms with Gasteiger partial charge in [0.25, 0.3) is 0 Å². The third-order valence-corrected chi connectivity index (χ3v) is 4.70. The van der Waals surface area contributed by atoms with Crippen molar-refractivity contribution < 1.29 is 9.90 Å². The number of benzene rings is 1. The Morgan fingerprint density at radius 2 is 2.00 bits per heavy atom. The second-order valence-corrected chi connectivity index (χ2v) is 6.54. The predicted octanol–water partition coefficient (Wildman–Crippen LogP) is 2.52. The van der Waals surface area contributed by atoms with E-state index < -0.39 is 0 Å². The van der Waals surface area contributed by atoms with Gasteiger partial charge < -0.3 is 20.2 Å². The van der Waals surface area contributed by atoms with Crippen LogP contribution in [0.15, 0.2) is 24.3 Å². The highest BCUT2D eigenvalue weighted by Crippen LogP contribution is 2.25. The van der Waals surface area contributed by atoms with E-state index in [0.717, 1.165) is 24.7 Å². The molecule has 0 bridgehead atoms. The molecule has 0 radical (unpaired) electrons. The molecule has 2 saturated heterocycles. The average Bonchev–Trinajstić information content (AvgIpc) is 2.95. The molecule has 2 fully saturated rings. The lowest BCUT2D eigenvalue weighted by atomic mass is 9.99. The fourth-order valence-electron chi connectivity index (χ4n) is 3.18. The van der Waals surface area contributed by atoms with Crippen LogP contribution in [0.4, 0.5) is 16.2 Å². The minimum atomic E-state index is -0.382. The van der Waals surface area contributed by atoms with Gasteiger partial charge in [0.05, 0.1) is 6.10 Å². The monoisotopic (exact) mass is 303 g/mol. The summed E-state index contributed by atoms with van der Waals surface area (Å²) in [7, 11) is 0. The number of rotatable bonds is 2. The number of carbonyl (C=O) groups excluding carboxylic acids is 1. The van der Waals surface area contributed by atoms with Crippen LogP contribution in [-0.2, 0) is 0 Å². The van der Waals surface area contributed by atoms with Crippen molar-refractivity contribution in [2.45, 2.75) is 32.3 Å². The quantitative estimate of drug-likeness (QED) is 0.882. The normalized spacial score (nSPS) is 22.9. The third-order valence-electron chi connectivity index (χ3n) is 4.70. The van der Waals surface area contributed by atoms with Crippen molar-refractivity contribution in [1.82, 2.24) is 4.90 Å². The zero-order valence-corrected chi connectivity index (χ0v) is 13.2. The molecule has 0 aliphatic carbocycles. The van der Waals surface area contributed by atoms with Gasteiger partial charge in [0.15, 0.2) is 0 Å². The standard InChI is InChI=1S/C17H25N3O2/c1-13-5-8-19(9-6-13)15-4-2-3-14(11-15)18-17(22)20-10-7-16(21)12-20/h2-4,11,13,16,21H,5-10,12H2,1H3,(H,18,22)/t16-/m0/s1. The van der Waals surface area contributed by atoms with Crippen molar-refractivity contribution in [2.75, 3.05) is 36.4 Å². The van der Waals surface area contributed by atoms with Gasteiger partial charge in [-0.1, -0.05) is 13.0 Å². The topological polar surface area (TPSA) is 55.8 Å². The molecule has 1 aromatic rings. The Kier molecular flexibility index (Phi) is 4.52. The van der Waals surface area contributed by atoms with Gasteiger partial charge in [-0.2, -0.15) is 0 Å². The van der Waals surface area contributed by atoms with E-state index in [0.29, 0.717) is 19.5 Å². The fourth-order valence-corrected chi connectivity index (χ4v) is 3.18. The maximum absolute atomic E-state index is 12.2. The number of nitrogens with one attached hydrogen (secondary N) is 1. The Bertz CT molecular complexity index is 526. The first-order valence-corrected chi connectivity index (χ1v) is 8.21. The van der Waals surface area contributed by atoms with E-state index >= 15 is 0 Å². The maximum Gasteiger partial charge on any atom is 0.321 e. The molecule has 0 spiro atoms. The van der Waals surface area contributed by atoms with Gasteiger partial charge in [0, 0.05) is 37.6 Å². The molecule has 2 heterocycles. The molecule has 0 aromatic heterocycles. The molecule has 2 N–H and O–H groups in total. The summed E-state index contributed by atoms with van der Waals surface area (Å²) >= 11 is 0. The van der Waals surface area contributed by atoms with Crippen LogP contribution in [-0.4, -0.2) is 48.3 Å². The van der Waals surface area contributed by atoms with E-state index in [1.54, 1.807) is 4.90 Å². The Labute approximate surface area is 131 Å². The van der Waals surface area contributed by atoms with Crippen LogP contribution in [0.1, 0.15) is 26.2 Å². The van der Waals surface area contributed by atoms with Gasteiger partial charge in [0.2, 0.25) is 0 Å². The zero-order valence-electron chi connectivity index (χ0n) is 13.2. The Hall–Kier alpha value is -1.75. The summed E-state index contributed by atoms with van der Waals surface area (Å²) in [6.07, 6.45) is 2.73. The SMILES string of the molecule is CC1CCN(c2cccc(NC(=O)N3CC[C@H](O)C3)c2)CC1. The highest BCUT2D eigenvalue weighted by Gasteiger charge is 2.24. The van der Waals surface area contributed by atoms with Gasteiger partial charge in [-0.25, -0.2) is 4.79 Å². The Balaban J connectivity index is 1.62. The van der Waals surface area contributed by atoms with Crippen LogP contribution in [0, 0.1) is 5.92 Å².